The summed E-state index contributed by atoms with van der Waals surface area (Å²) in [5, 5.41) is 26.3. The van der Waals surface area contributed by atoms with Gasteiger partial charge in [-0.25, -0.2) is 0 Å². The van der Waals surface area contributed by atoms with Gasteiger partial charge in [0, 0.05) is 37.1 Å². The number of aliphatic carboxylic acids is 1. The predicted molar refractivity (Wildman–Crippen MR) is 126 cm³/mol. The van der Waals surface area contributed by atoms with Gasteiger partial charge in [0.15, 0.2) is 0 Å². The van der Waals surface area contributed by atoms with Crippen LogP contribution in [-0.2, 0) is 4.79 Å². The first-order valence-corrected chi connectivity index (χ1v) is 11.5. The number of hydrogen-bond acceptors (Lipinski definition) is 5. The van der Waals surface area contributed by atoms with E-state index in [0.717, 1.165) is 24.8 Å². The minimum atomic E-state index is -0.904. The molecular formula is C25H36N4O2. The molecule has 5 N–H and O–H groups in total. The van der Waals surface area contributed by atoms with Gasteiger partial charge >= 0.3 is 5.97 Å². The molecule has 0 unspecified atom stereocenters. The molecule has 2 atom stereocenters. The van der Waals surface area contributed by atoms with Gasteiger partial charge in [0.1, 0.15) is 6.54 Å². The van der Waals surface area contributed by atoms with Crippen molar-refractivity contribution in [3.8, 4) is 0 Å². The maximum atomic E-state index is 10.6. The van der Waals surface area contributed by atoms with Gasteiger partial charge in [-0.15, -0.1) is 0 Å². The summed E-state index contributed by atoms with van der Waals surface area (Å²) in [6.45, 7) is 2.72. The summed E-state index contributed by atoms with van der Waals surface area (Å²) in [4.78, 5) is 10.6. The van der Waals surface area contributed by atoms with E-state index in [1.807, 2.05) is 0 Å². The average molecular weight is 425 g/mol. The Bertz CT molecular complexity index is 782. The number of carboxylic acids is 1. The van der Waals surface area contributed by atoms with Gasteiger partial charge in [-0.3, -0.25) is 4.79 Å². The second-order valence-corrected chi connectivity index (χ2v) is 8.67. The number of rotatable bonds is 12. The Balaban J connectivity index is 1.37. The third-order valence-corrected chi connectivity index (χ3v) is 6.32. The molecule has 0 amide bonds. The molecule has 0 saturated heterocycles. The molecule has 1 aromatic carbocycles. The summed E-state index contributed by atoms with van der Waals surface area (Å²) < 4.78 is 0. The summed E-state index contributed by atoms with van der Waals surface area (Å²) in [6, 6.07) is 12.3. The van der Waals surface area contributed by atoms with Crippen molar-refractivity contribution in [1.29, 1.82) is 5.41 Å². The zero-order chi connectivity index (χ0) is 22.1. The molecule has 0 aliphatic heterocycles. The molecule has 3 rings (SSSR count). The summed E-state index contributed by atoms with van der Waals surface area (Å²) in [6.07, 6.45) is 12.2. The zero-order valence-electron chi connectivity index (χ0n) is 18.4. The van der Waals surface area contributed by atoms with Gasteiger partial charge in [0.2, 0.25) is 0 Å². The molecule has 31 heavy (non-hydrogen) atoms. The van der Waals surface area contributed by atoms with Gasteiger partial charge in [-0.05, 0) is 55.6 Å². The van der Waals surface area contributed by atoms with E-state index in [4.69, 9.17) is 10.5 Å². The predicted octanol–water partition coefficient (Wildman–Crippen LogP) is 3.57. The van der Waals surface area contributed by atoms with Crippen molar-refractivity contribution in [1.82, 2.24) is 16.0 Å². The number of benzene rings is 1. The molecular weight excluding hydrogens is 388 g/mol. The molecule has 0 spiro atoms. The molecule has 0 bridgehead atoms. The van der Waals surface area contributed by atoms with Crippen LogP contribution < -0.4 is 16.0 Å². The Morgan fingerprint density at radius 1 is 1.13 bits per heavy atom. The second-order valence-electron chi connectivity index (χ2n) is 8.67. The summed E-state index contributed by atoms with van der Waals surface area (Å²) in [5.74, 6) is -0.224. The molecule has 1 aromatic rings. The molecule has 168 valence electrons. The molecule has 2 aliphatic carbocycles. The van der Waals surface area contributed by atoms with E-state index in [-0.39, 0.29) is 6.54 Å². The highest BCUT2D eigenvalue weighted by atomic mass is 16.4. The first-order valence-electron chi connectivity index (χ1n) is 11.5. The molecule has 2 aliphatic rings. The Labute approximate surface area is 185 Å². The largest absolute Gasteiger partial charge is 0.480 e. The number of hydrogen-bond donors (Lipinski definition) is 5. The lowest BCUT2D eigenvalue weighted by Crippen LogP contribution is -2.41. The van der Waals surface area contributed by atoms with Crippen LogP contribution in [0.5, 0.6) is 0 Å². The lowest BCUT2D eigenvalue weighted by Gasteiger charge is -2.30. The molecule has 0 heterocycles. The minimum Gasteiger partial charge on any atom is -0.480 e. The van der Waals surface area contributed by atoms with Gasteiger partial charge in [0.05, 0.1) is 0 Å². The Morgan fingerprint density at radius 2 is 1.84 bits per heavy atom. The maximum absolute atomic E-state index is 10.6. The smallest absolute Gasteiger partial charge is 0.322 e. The van der Waals surface area contributed by atoms with Crippen LogP contribution >= 0.6 is 0 Å². The monoisotopic (exact) mass is 424 g/mol. The fourth-order valence-electron chi connectivity index (χ4n) is 4.47. The molecule has 6 heteroatoms. The Kier molecular flexibility index (Phi) is 8.85. The number of carboxylic acid groups (broad SMARTS) is 1. The van der Waals surface area contributed by atoms with Crippen molar-refractivity contribution in [3.05, 3.63) is 53.2 Å². The fourth-order valence-corrected chi connectivity index (χ4v) is 4.47. The third-order valence-electron chi connectivity index (χ3n) is 6.32. The summed E-state index contributed by atoms with van der Waals surface area (Å²) in [7, 11) is 0. The average Bonchev–Trinajstić information content (AvgIpc) is 3.54. The van der Waals surface area contributed by atoms with Crippen molar-refractivity contribution in [2.45, 2.75) is 63.6 Å². The van der Waals surface area contributed by atoms with Crippen LogP contribution in [0.1, 0.15) is 51.0 Å². The van der Waals surface area contributed by atoms with Crippen LogP contribution in [0.15, 0.2) is 47.7 Å². The minimum absolute atomic E-state index is 0.128. The van der Waals surface area contributed by atoms with Gasteiger partial charge < -0.3 is 26.5 Å². The molecule has 0 radical (unpaired) electrons. The molecule has 2 fully saturated rings. The van der Waals surface area contributed by atoms with E-state index in [0.29, 0.717) is 30.6 Å². The van der Waals surface area contributed by atoms with E-state index in [1.54, 1.807) is 11.8 Å². The fraction of sp³-hybridized carbons (Fsp3) is 0.520. The van der Waals surface area contributed by atoms with Crippen molar-refractivity contribution in [2.24, 2.45) is 5.92 Å². The first-order chi connectivity index (χ1) is 15.1. The highest BCUT2D eigenvalue weighted by Crippen LogP contribution is 2.40. The van der Waals surface area contributed by atoms with E-state index in [9.17, 15) is 4.79 Å². The van der Waals surface area contributed by atoms with Crippen LogP contribution in [-0.4, -0.2) is 48.5 Å². The second kappa shape index (κ2) is 11.8. The van der Waals surface area contributed by atoms with Crippen molar-refractivity contribution in [3.63, 3.8) is 0 Å². The van der Waals surface area contributed by atoms with Crippen LogP contribution in [0.3, 0.4) is 0 Å². The lowest BCUT2D eigenvalue weighted by atomic mass is 9.91. The zero-order valence-corrected chi connectivity index (χ0v) is 18.4. The summed E-state index contributed by atoms with van der Waals surface area (Å²) >= 11 is 0. The van der Waals surface area contributed by atoms with Gasteiger partial charge in [-0.1, -0.05) is 48.9 Å². The summed E-state index contributed by atoms with van der Waals surface area (Å²) in [5.41, 5.74) is 3.62. The Morgan fingerprint density at radius 3 is 2.48 bits per heavy atom. The molecule has 2 saturated carbocycles. The normalized spacial score (nSPS) is 26.4. The standard InChI is InChI=1S/C25H36N4O2/c1-2-20(12-18-6-4-3-5-7-18)23-13-24(23)29-22-10-8-21(9-11-22)28-16-19(14-26)15-27-17-25(30)31/h3-7,12,14-15,21-24,26-29H,2,8-11,13,16-17H2,1H3,(H,30,31)/b19-15+,20-12+,26-14?/t21?,22?,23-,24+/m0/s1. The van der Waals surface area contributed by atoms with E-state index >= 15 is 0 Å². The first kappa shape index (κ1) is 23.2. The SMILES string of the molecule is CC/C(=C\c1ccccc1)[C@@H]1C[C@H]1NC1CCC(NC/C(C=N)=C/NCC(=O)O)CC1. The van der Waals surface area contributed by atoms with Gasteiger partial charge in [0.25, 0.3) is 0 Å². The lowest BCUT2D eigenvalue weighted by molar-refractivity contribution is -0.135. The van der Waals surface area contributed by atoms with E-state index < -0.39 is 5.97 Å². The highest BCUT2D eigenvalue weighted by molar-refractivity contribution is 5.76. The number of nitrogens with one attached hydrogen (secondary N) is 4. The van der Waals surface area contributed by atoms with Crippen molar-refractivity contribution < 1.29 is 9.90 Å². The van der Waals surface area contributed by atoms with Crippen LogP contribution in [0.4, 0.5) is 0 Å². The molecule has 0 aromatic heterocycles. The van der Waals surface area contributed by atoms with Gasteiger partial charge in [-0.2, -0.15) is 0 Å². The van der Waals surface area contributed by atoms with Crippen LogP contribution in [0.25, 0.3) is 6.08 Å². The topological polar surface area (TPSA) is 97.2 Å². The van der Waals surface area contributed by atoms with E-state index in [1.165, 1.54) is 31.0 Å². The van der Waals surface area contributed by atoms with Crippen molar-refractivity contribution in [2.75, 3.05) is 13.1 Å². The number of carbonyl (C=O) groups is 1. The van der Waals surface area contributed by atoms with Crippen LogP contribution in [0.2, 0.25) is 0 Å². The molecule has 6 nitrogen and oxygen atoms in total. The quantitative estimate of drug-likeness (QED) is 0.331. The third kappa shape index (κ3) is 7.64. The highest BCUT2D eigenvalue weighted by Gasteiger charge is 2.40. The Hall–Kier alpha value is -2.44. The van der Waals surface area contributed by atoms with Crippen molar-refractivity contribution >= 4 is 18.3 Å². The van der Waals surface area contributed by atoms with Crippen LogP contribution in [0, 0.1) is 11.3 Å². The maximum Gasteiger partial charge on any atom is 0.322 e. The van der Waals surface area contributed by atoms with E-state index in [2.05, 4.69) is 59.3 Å².